The van der Waals surface area contributed by atoms with E-state index in [1.165, 1.54) is 6.21 Å². The molecule has 0 aliphatic heterocycles. The van der Waals surface area contributed by atoms with Crippen LogP contribution in [0.1, 0.15) is 5.56 Å². The number of para-hydroxylation sites is 1. The molecule has 0 aliphatic carbocycles. The number of rotatable bonds is 3. The molecule has 0 unspecified atom stereocenters. The molecule has 0 saturated carbocycles. The van der Waals surface area contributed by atoms with Gasteiger partial charge in [-0.1, -0.05) is 18.2 Å². The Bertz CT molecular complexity index is 289. The molecule has 4 nitrogen and oxygen atoms in total. The number of benzene rings is 1. The van der Waals surface area contributed by atoms with Gasteiger partial charge in [-0.25, -0.2) is 4.31 Å². The highest BCUT2D eigenvalue weighted by atomic mass is 32.2. The third-order valence-electron chi connectivity index (χ3n) is 1.43. The highest BCUT2D eigenvalue weighted by Crippen LogP contribution is 2.05. The van der Waals surface area contributed by atoms with Crippen LogP contribution in [0, 0.1) is 5.41 Å². The first-order chi connectivity index (χ1) is 7.11. The highest BCUT2D eigenvalue weighted by Gasteiger charge is 1.88. The van der Waals surface area contributed by atoms with Crippen LogP contribution in [0.3, 0.4) is 0 Å². The van der Waals surface area contributed by atoms with Crippen LogP contribution in [0.4, 0.5) is 5.69 Å². The van der Waals surface area contributed by atoms with Gasteiger partial charge in [-0.15, -0.1) is 0 Å². The minimum atomic E-state index is 0.660. The molecule has 15 heavy (non-hydrogen) atoms. The van der Waals surface area contributed by atoms with Gasteiger partial charge < -0.3 is 11.1 Å². The molecule has 1 rings (SSSR count). The summed E-state index contributed by atoms with van der Waals surface area (Å²) in [5, 5.41) is 6.88. The Balaban J connectivity index is 0.000000288. The Labute approximate surface area is 95.6 Å². The number of nitrogens with zero attached hydrogens (tertiary/aromatic N) is 1. The van der Waals surface area contributed by atoms with Crippen molar-refractivity contribution in [1.29, 1.82) is 5.41 Å². The maximum absolute atomic E-state index is 6.88. The Kier molecular flexibility index (Phi) is 7.71. The van der Waals surface area contributed by atoms with Gasteiger partial charge in [0.25, 0.3) is 0 Å². The maximum atomic E-state index is 6.88. The second kappa shape index (κ2) is 8.28. The molecule has 1 aromatic carbocycles. The summed E-state index contributed by atoms with van der Waals surface area (Å²) in [4.78, 5) is 0. The molecule has 4 N–H and O–H groups in total. The van der Waals surface area contributed by atoms with E-state index < -0.39 is 0 Å². The van der Waals surface area contributed by atoms with Gasteiger partial charge in [0.1, 0.15) is 0 Å². The van der Waals surface area contributed by atoms with Crippen molar-refractivity contribution in [1.82, 2.24) is 9.03 Å². The molecule has 0 aromatic heterocycles. The van der Waals surface area contributed by atoms with Crippen molar-refractivity contribution in [3.05, 3.63) is 29.8 Å². The zero-order chi connectivity index (χ0) is 11.7. The van der Waals surface area contributed by atoms with E-state index in [4.69, 9.17) is 11.1 Å². The van der Waals surface area contributed by atoms with Gasteiger partial charge in [-0.05, 0) is 27.2 Å². The summed E-state index contributed by atoms with van der Waals surface area (Å²) in [5.74, 6) is 0. The van der Waals surface area contributed by atoms with Crippen LogP contribution >= 0.6 is 12.1 Å². The molecule has 0 spiro atoms. The van der Waals surface area contributed by atoms with E-state index in [1.807, 2.05) is 43.6 Å². The number of hydrogen-bond acceptors (Lipinski definition) is 5. The second-order valence-corrected chi connectivity index (χ2v) is 4.20. The highest BCUT2D eigenvalue weighted by molar-refractivity contribution is 7.95. The average Bonchev–Trinajstić information content (AvgIpc) is 2.19. The SMILES string of the molecule is CNSN(C)C.N=Cc1ccccc1N. The summed E-state index contributed by atoms with van der Waals surface area (Å²) in [6.07, 6.45) is 1.25. The Morgan fingerprint density at radius 3 is 2.27 bits per heavy atom. The molecule has 0 aliphatic rings. The second-order valence-electron chi connectivity index (χ2n) is 2.88. The standard InChI is InChI=1S/C7H8N2.C3H10N2S/c8-5-6-3-1-2-4-7(6)9;1-4-6-5(2)3/h1-5,8H,9H2;4H,1-3H3. The lowest BCUT2D eigenvalue weighted by molar-refractivity contribution is 0.697. The van der Waals surface area contributed by atoms with Crippen LogP contribution in [0.25, 0.3) is 0 Å². The minimum absolute atomic E-state index is 0.660. The Morgan fingerprint density at radius 2 is 2.00 bits per heavy atom. The molecule has 84 valence electrons. The molecule has 0 saturated heterocycles. The molecule has 0 heterocycles. The van der Waals surface area contributed by atoms with Gasteiger partial charge in [0.2, 0.25) is 0 Å². The zero-order valence-electron chi connectivity index (χ0n) is 9.32. The fourth-order valence-electron chi connectivity index (χ4n) is 0.825. The summed E-state index contributed by atoms with van der Waals surface area (Å²) in [7, 11) is 5.87. The molecular weight excluding hydrogens is 208 g/mol. The van der Waals surface area contributed by atoms with Gasteiger partial charge in [0, 0.05) is 29.6 Å². The van der Waals surface area contributed by atoms with Crippen molar-refractivity contribution in [3.8, 4) is 0 Å². The first-order valence-corrected chi connectivity index (χ1v) is 5.25. The molecule has 0 bridgehead atoms. The summed E-state index contributed by atoms with van der Waals surface area (Å²) >= 11 is 1.57. The predicted molar refractivity (Wildman–Crippen MR) is 69.1 cm³/mol. The van der Waals surface area contributed by atoms with Gasteiger partial charge in [-0.2, -0.15) is 0 Å². The van der Waals surface area contributed by atoms with Crippen LogP contribution in [0.2, 0.25) is 0 Å². The van der Waals surface area contributed by atoms with E-state index >= 15 is 0 Å². The monoisotopic (exact) mass is 226 g/mol. The van der Waals surface area contributed by atoms with E-state index in [1.54, 1.807) is 18.2 Å². The van der Waals surface area contributed by atoms with Gasteiger partial charge in [-0.3, -0.25) is 4.72 Å². The van der Waals surface area contributed by atoms with E-state index in [-0.39, 0.29) is 0 Å². The number of hydrogen-bond donors (Lipinski definition) is 3. The van der Waals surface area contributed by atoms with Gasteiger partial charge in [0.05, 0.1) is 0 Å². The van der Waals surface area contributed by atoms with Crippen molar-refractivity contribution in [2.24, 2.45) is 0 Å². The van der Waals surface area contributed by atoms with Crippen molar-refractivity contribution in [3.63, 3.8) is 0 Å². The largest absolute Gasteiger partial charge is 0.398 e. The van der Waals surface area contributed by atoms with Crippen molar-refractivity contribution in [2.45, 2.75) is 0 Å². The zero-order valence-corrected chi connectivity index (χ0v) is 10.1. The van der Waals surface area contributed by atoms with Crippen LogP contribution in [-0.4, -0.2) is 31.7 Å². The van der Waals surface area contributed by atoms with Gasteiger partial charge in [0.15, 0.2) is 0 Å². The lowest BCUT2D eigenvalue weighted by Gasteiger charge is -2.03. The van der Waals surface area contributed by atoms with Crippen LogP contribution in [-0.2, 0) is 0 Å². The molecule has 0 radical (unpaired) electrons. The predicted octanol–water partition coefficient (Wildman–Crippen LogP) is 1.60. The first kappa shape index (κ1) is 14.0. The lowest BCUT2D eigenvalue weighted by Crippen LogP contribution is -2.06. The topological polar surface area (TPSA) is 65.1 Å². The third-order valence-corrected chi connectivity index (χ3v) is 1.97. The number of nitrogens with two attached hydrogens (primary N) is 1. The molecule has 0 fully saturated rings. The van der Waals surface area contributed by atoms with Crippen molar-refractivity contribution < 1.29 is 0 Å². The van der Waals surface area contributed by atoms with Crippen LogP contribution < -0.4 is 10.5 Å². The van der Waals surface area contributed by atoms with Crippen molar-refractivity contribution >= 4 is 24.0 Å². The molecule has 1 aromatic rings. The summed E-state index contributed by atoms with van der Waals surface area (Å²) in [6, 6.07) is 7.29. The average molecular weight is 226 g/mol. The van der Waals surface area contributed by atoms with E-state index in [2.05, 4.69) is 4.72 Å². The number of anilines is 1. The summed E-state index contributed by atoms with van der Waals surface area (Å²) in [6.45, 7) is 0. The number of nitrogen functional groups attached to an aromatic ring is 1. The normalized spacial score (nSPS) is 9.33. The Hall–Kier alpha value is -1.04. The van der Waals surface area contributed by atoms with Gasteiger partial charge >= 0.3 is 0 Å². The molecule has 0 amide bonds. The van der Waals surface area contributed by atoms with E-state index in [0.717, 1.165) is 5.56 Å². The van der Waals surface area contributed by atoms with Crippen LogP contribution in [0.15, 0.2) is 24.3 Å². The minimum Gasteiger partial charge on any atom is -0.398 e. The fourth-order valence-corrected chi connectivity index (χ4v) is 1.19. The van der Waals surface area contributed by atoms with E-state index in [0.29, 0.717) is 5.69 Å². The fraction of sp³-hybridized carbons (Fsp3) is 0.300. The quantitative estimate of drug-likeness (QED) is 0.416. The molecular formula is C10H18N4S. The summed E-state index contributed by atoms with van der Waals surface area (Å²) < 4.78 is 4.90. The van der Waals surface area contributed by atoms with Crippen molar-refractivity contribution in [2.75, 3.05) is 26.9 Å². The first-order valence-electron chi connectivity index (χ1n) is 4.47. The smallest absolute Gasteiger partial charge is 0.0402 e. The van der Waals surface area contributed by atoms with E-state index in [9.17, 15) is 0 Å². The third kappa shape index (κ3) is 6.96. The maximum Gasteiger partial charge on any atom is 0.0402 e. The number of nitrogens with one attached hydrogen (secondary N) is 2. The van der Waals surface area contributed by atoms with Crippen LogP contribution in [0.5, 0.6) is 0 Å². The lowest BCUT2D eigenvalue weighted by atomic mass is 10.2. The summed E-state index contributed by atoms with van der Waals surface area (Å²) in [5.41, 5.74) is 6.92. The Morgan fingerprint density at radius 1 is 1.40 bits per heavy atom. The molecule has 5 heteroatoms. The molecule has 0 atom stereocenters.